The molecule has 2 aromatic rings. The summed E-state index contributed by atoms with van der Waals surface area (Å²) in [5, 5.41) is 0. The molecule has 3 heteroatoms. The number of nitrogens with two attached hydrogens (primary N) is 1. The fraction of sp³-hybridized carbons (Fsp3) is 0.353. The van der Waals surface area contributed by atoms with E-state index in [1.54, 1.807) is 0 Å². The predicted molar refractivity (Wildman–Crippen MR) is 82.9 cm³/mol. The number of pyridine rings is 1. The van der Waals surface area contributed by atoms with Crippen LogP contribution in [0.5, 0.6) is 5.75 Å². The van der Waals surface area contributed by atoms with Crippen molar-refractivity contribution < 1.29 is 4.74 Å². The van der Waals surface area contributed by atoms with E-state index < -0.39 is 5.60 Å². The van der Waals surface area contributed by atoms with Crippen molar-refractivity contribution in [3.63, 3.8) is 0 Å². The lowest BCUT2D eigenvalue weighted by atomic mass is 9.98. The van der Waals surface area contributed by atoms with Crippen LogP contribution >= 0.6 is 0 Å². The second-order valence-corrected chi connectivity index (χ2v) is 5.54. The molecule has 20 heavy (non-hydrogen) atoms. The van der Waals surface area contributed by atoms with Crippen molar-refractivity contribution in [3.8, 4) is 5.75 Å². The van der Waals surface area contributed by atoms with Gasteiger partial charge in [0.25, 0.3) is 0 Å². The van der Waals surface area contributed by atoms with E-state index in [4.69, 9.17) is 10.5 Å². The van der Waals surface area contributed by atoms with Crippen LogP contribution in [0.25, 0.3) is 0 Å². The number of ether oxygens (including phenoxy) is 1. The SMILES string of the molecule is CCc1cnc(C(C)(C)Oc2ccc(N)cc2)c(C)c1. The first kappa shape index (κ1) is 14.4. The van der Waals surface area contributed by atoms with Gasteiger partial charge in [-0.25, -0.2) is 0 Å². The number of aryl methyl sites for hydroxylation is 2. The largest absolute Gasteiger partial charge is 0.482 e. The molecule has 0 amide bonds. The first-order valence-corrected chi connectivity index (χ1v) is 6.93. The second-order valence-electron chi connectivity index (χ2n) is 5.54. The number of nitrogen functional groups attached to an aromatic ring is 1. The van der Waals surface area contributed by atoms with Gasteiger partial charge in [-0.15, -0.1) is 0 Å². The third-order valence-electron chi connectivity index (χ3n) is 3.37. The highest BCUT2D eigenvalue weighted by molar-refractivity contribution is 5.42. The van der Waals surface area contributed by atoms with Gasteiger partial charge in [0.05, 0.1) is 5.69 Å². The van der Waals surface area contributed by atoms with Gasteiger partial charge < -0.3 is 10.5 Å². The molecule has 0 aliphatic rings. The van der Waals surface area contributed by atoms with E-state index in [-0.39, 0.29) is 0 Å². The van der Waals surface area contributed by atoms with Crippen molar-refractivity contribution in [3.05, 3.63) is 53.3 Å². The van der Waals surface area contributed by atoms with Crippen molar-refractivity contribution in [2.24, 2.45) is 0 Å². The molecule has 0 unspecified atom stereocenters. The van der Waals surface area contributed by atoms with Crippen LogP contribution in [-0.4, -0.2) is 4.98 Å². The van der Waals surface area contributed by atoms with Crippen LogP contribution in [0.15, 0.2) is 36.5 Å². The predicted octanol–water partition coefficient (Wildman–Crippen LogP) is 3.85. The minimum absolute atomic E-state index is 0.480. The molecule has 0 aliphatic heterocycles. The number of anilines is 1. The fourth-order valence-corrected chi connectivity index (χ4v) is 2.34. The summed E-state index contributed by atoms with van der Waals surface area (Å²) in [6.07, 6.45) is 2.92. The number of aromatic nitrogens is 1. The van der Waals surface area contributed by atoms with E-state index in [2.05, 4.69) is 24.9 Å². The Morgan fingerprint density at radius 3 is 2.40 bits per heavy atom. The third-order valence-corrected chi connectivity index (χ3v) is 3.37. The second kappa shape index (κ2) is 5.53. The number of benzene rings is 1. The first-order chi connectivity index (χ1) is 9.42. The Morgan fingerprint density at radius 1 is 1.20 bits per heavy atom. The van der Waals surface area contributed by atoms with E-state index >= 15 is 0 Å². The Balaban J connectivity index is 2.27. The maximum atomic E-state index is 6.08. The first-order valence-electron chi connectivity index (χ1n) is 6.93. The summed E-state index contributed by atoms with van der Waals surface area (Å²) in [6, 6.07) is 9.62. The summed E-state index contributed by atoms with van der Waals surface area (Å²) in [4.78, 5) is 4.58. The Bertz CT molecular complexity index is 588. The van der Waals surface area contributed by atoms with Crippen LogP contribution in [0.2, 0.25) is 0 Å². The molecule has 0 fully saturated rings. The fourth-order valence-electron chi connectivity index (χ4n) is 2.34. The van der Waals surface area contributed by atoms with E-state index in [0.717, 1.165) is 29.1 Å². The molecule has 1 heterocycles. The monoisotopic (exact) mass is 270 g/mol. The Hall–Kier alpha value is -2.03. The molecule has 1 aromatic heterocycles. The molecule has 0 saturated heterocycles. The van der Waals surface area contributed by atoms with Gasteiger partial charge in [-0.05, 0) is 62.6 Å². The van der Waals surface area contributed by atoms with Crippen molar-refractivity contribution in [1.29, 1.82) is 0 Å². The van der Waals surface area contributed by atoms with Crippen molar-refractivity contribution in [1.82, 2.24) is 4.98 Å². The lowest BCUT2D eigenvalue weighted by Crippen LogP contribution is -2.27. The van der Waals surface area contributed by atoms with Gasteiger partial charge >= 0.3 is 0 Å². The quantitative estimate of drug-likeness (QED) is 0.858. The molecular weight excluding hydrogens is 248 g/mol. The zero-order valence-electron chi connectivity index (χ0n) is 12.6. The van der Waals surface area contributed by atoms with Crippen LogP contribution in [0.3, 0.4) is 0 Å². The number of rotatable bonds is 4. The molecule has 3 nitrogen and oxygen atoms in total. The molecule has 0 atom stereocenters. The molecule has 106 valence electrons. The van der Waals surface area contributed by atoms with Gasteiger partial charge in [0.15, 0.2) is 0 Å². The van der Waals surface area contributed by atoms with Gasteiger partial charge in [0.2, 0.25) is 0 Å². The topological polar surface area (TPSA) is 48.1 Å². The number of hydrogen-bond acceptors (Lipinski definition) is 3. The van der Waals surface area contributed by atoms with Crippen LogP contribution in [0.1, 0.15) is 37.6 Å². The van der Waals surface area contributed by atoms with Crippen LogP contribution in [0, 0.1) is 6.92 Å². The van der Waals surface area contributed by atoms with E-state index in [0.29, 0.717) is 0 Å². The zero-order chi connectivity index (χ0) is 14.8. The van der Waals surface area contributed by atoms with Gasteiger partial charge in [-0.2, -0.15) is 0 Å². The maximum absolute atomic E-state index is 6.08. The summed E-state index contributed by atoms with van der Waals surface area (Å²) >= 11 is 0. The van der Waals surface area contributed by atoms with Crippen LogP contribution < -0.4 is 10.5 Å². The minimum Gasteiger partial charge on any atom is -0.482 e. The summed E-state index contributed by atoms with van der Waals surface area (Å²) in [5.41, 5.74) is 9.31. The third kappa shape index (κ3) is 3.10. The van der Waals surface area contributed by atoms with Gasteiger partial charge in [0, 0.05) is 11.9 Å². The maximum Gasteiger partial charge on any atom is 0.145 e. The summed E-state index contributed by atoms with van der Waals surface area (Å²) < 4.78 is 6.08. The number of hydrogen-bond donors (Lipinski definition) is 1. The minimum atomic E-state index is -0.480. The summed E-state index contributed by atoms with van der Waals surface area (Å²) in [7, 11) is 0. The van der Waals surface area contributed by atoms with Crippen LogP contribution in [-0.2, 0) is 12.0 Å². The molecule has 0 radical (unpaired) electrons. The molecule has 0 saturated carbocycles. The van der Waals surface area contributed by atoms with Gasteiger partial charge in [-0.3, -0.25) is 4.98 Å². The van der Waals surface area contributed by atoms with Gasteiger partial charge in [0.1, 0.15) is 11.4 Å². The lowest BCUT2D eigenvalue weighted by molar-refractivity contribution is 0.103. The summed E-state index contributed by atoms with van der Waals surface area (Å²) in [6.45, 7) is 8.27. The Labute approximate surface area is 120 Å². The average Bonchev–Trinajstić information content (AvgIpc) is 2.40. The van der Waals surface area contributed by atoms with E-state index in [9.17, 15) is 0 Å². The molecular formula is C17H22N2O. The highest BCUT2D eigenvalue weighted by Crippen LogP contribution is 2.29. The molecule has 0 spiro atoms. The normalized spacial score (nSPS) is 11.4. The molecule has 0 bridgehead atoms. The Morgan fingerprint density at radius 2 is 1.85 bits per heavy atom. The molecule has 0 aliphatic carbocycles. The molecule has 1 aromatic carbocycles. The van der Waals surface area contributed by atoms with Crippen LogP contribution in [0.4, 0.5) is 5.69 Å². The van der Waals surface area contributed by atoms with Crippen molar-refractivity contribution >= 4 is 5.69 Å². The van der Waals surface area contributed by atoms with Crippen molar-refractivity contribution in [2.75, 3.05) is 5.73 Å². The molecule has 2 N–H and O–H groups in total. The van der Waals surface area contributed by atoms with E-state index in [1.807, 2.05) is 44.3 Å². The highest BCUT2D eigenvalue weighted by atomic mass is 16.5. The van der Waals surface area contributed by atoms with Gasteiger partial charge in [-0.1, -0.05) is 13.0 Å². The smallest absolute Gasteiger partial charge is 0.145 e. The van der Waals surface area contributed by atoms with Crippen molar-refractivity contribution in [2.45, 2.75) is 39.7 Å². The standard InChI is InChI=1S/C17H22N2O/c1-5-13-10-12(2)16(19-11-13)17(3,4)20-15-8-6-14(18)7-9-15/h6-11H,5,18H2,1-4H3. The summed E-state index contributed by atoms with van der Waals surface area (Å²) in [5.74, 6) is 0.796. The van der Waals surface area contributed by atoms with E-state index in [1.165, 1.54) is 5.56 Å². The lowest BCUT2D eigenvalue weighted by Gasteiger charge is -2.27. The highest BCUT2D eigenvalue weighted by Gasteiger charge is 2.26. The number of nitrogens with zero attached hydrogens (tertiary/aromatic N) is 1. The molecule has 2 rings (SSSR count). The average molecular weight is 270 g/mol. The Kier molecular flexibility index (Phi) is 3.98. The zero-order valence-corrected chi connectivity index (χ0v) is 12.6.